The molecule has 0 atom stereocenters. The van der Waals surface area contributed by atoms with Crippen molar-refractivity contribution in [1.82, 2.24) is 4.98 Å². The van der Waals surface area contributed by atoms with Gasteiger partial charge in [0.2, 0.25) is 0 Å². The number of hydrogen-bond donors (Lipinski definition) is 1. The van der Waals surface area contributed by atoms with E-state index in [-0.39, 0.29) is 0 Å². The Kier molecular flexibility index (Phi) is 4.09. The van der Waals surface area contributed by atoms with Gasteiger partial charge in [-0.1, -0.05) is 26.0 Å². The van der Waals surface area contributed by atoms with E-state index >= 15 is 0 Å². The smallest absolute Gasteiger partial charge is 0.175 e. The fraction of sp³-hybridized carbons (Fsp3) is 0.267. The minimum absolute atomic E-state index is 0.296. The van der Waals surface area contributed by atoms with Crippen molar-refractivity contribution in [2.75, 3.05) is 11.6 Å². The molecule has 4 nitrogen and oxygen atoms in total. The first kappa shape index (κ1) is 14.5. The maximum absolute atomic E-state index is 11.6. The highest BCUT2D eigenvalue weighted by Gasteiger charge is 2.10. The molecule has 5 heteroatoms. The van der Waals surface area contributed by atoms with E-state index in [2.05, 4.69) is 24.1 Å². The Labute approximate surface area is 119 Å². The third-order valence-corrected chi connectivity index (χ3v) is 4.10. The van der Waals surface area contributed by atoms with Gasteiger partial charge in [-0.15, -0.1) is 0 Å². The van der Waals surface area contributed by atoms with E-state index in [4.69, 9.17) is 0 Å². The Morgan fingerprint density at radius 1 is 1.15 bits per heavy atom. The summed E-state index contributed by atoms with van der Waals surface area (Å²) in [4.78, 5) is 4.62. The lowest BCUT2D eigenvalue weighted by Gasteiger charge is -2.13. The van der Waals surface area contributed by atoms with Gasteiger partial charge in [0.25, 0.3) is 0 Å². The van der Waals surface area contributed by atoms with Crippen molar-refractivity contribution < 1.29 is 8.42 Å². The zero-order valence-electron chi connectivity index (χ0n) is 11.8. The molecule has 1 heterocycles. The lowest BCUT2D eigenvalue weighted by Crippen LogP contribution is -2.02. The van der Waals surface area contributed by atoms with Crippen LogP contribution in [0, 0.1) is 0 Å². The topological polar surface area (TPSA) is 59.1 Å². The molecule has 0 aliphatic heterocycles. The van der Waals surface area contributed by atoms with E-state index < -0.39 is 9.84 Å². The van der Waals surface area contributed by atoms with Crippen molar-refractivity contribution in [2.45, 2.75) is 24.7 Å². The van der Waals surface area contributed by atoms with E-state index in [1.165, 1.54) is 6.26 Å². The number of aromatic nitrogens is 1. The molecule has 0 fully saturated rings. The number of rotatable bonds is 4. The molecule has 0 saturated heterocycles. The summed E-state index contributed by atoms with van der Waals surface area (Å²) in [5.41, 5.74) is 1.81. The Morgan fingerprint density at radius 2 is 1.90 bits per heavy atom. The van der Waals surface area contributed by atoms with Gasteiger partial charge in [-0.3, -0.25) is 0 Å². The zero-order chi connectivity index (χ0) is 14.8. The molecular formula is C15H18N2O2S. The van der Waals surface area contributed by atoms with Crippen molar-refractivity contribution in [3.63, 3.8) is 0 Å². The highest BCUT2D eigenvalue weighted by molar-refractivity contribution is 7.90. The predicted octanol–water partition coefficient (Wildman–Crippen LogP) is 3.35. The summed E-state index contributed by atoms with van der Waals surface area (Å²) in [6.45, 7) is 4.18. The number of pyridine rings is 1. The molecule has 0 radical (unpaired) electrons. The second-order valence-corrected chi connectivity index (χ2v) is 7.04. The molecule has 0 bridgehead atoms. The van der Waals surface area contributed by atoms with Crippen LogP contribution in [0.2, 0.25) is 0 Å². The van der Waals surface area contributed by atoms with Gasteiger partial charge < -0.3 is 5.32 Å². The Balaban J connectivity index is 2.36. The summed E-state index contributed by atoms with van der Waals surface area (Å²) in [6, 6.07) is 10.7. The van der Waals surface area contributed by atoms with Crippen molar-refractivity contribution in [1.29, 1.82) is 0 Å². The average Bonchev–Trinajstić information content (AvgIpc) is 2.38. The molecule has 1 N–H and O–H groups in total. The number of nitrogens with zero attached hydrogens (tertiary/aromatic N) is 1. The van der Waals surface area contributed by atoms with Crippen LogP contribution in [0.25, 0.3) is 0 Å². The fourth-order valence-corrected chi connectivity index (χ4v) is 2.60. The third-order valence-electron chi connectivity index (χ3n) is 2.99. The fourth-order valence-electron chi connectivity index (χ4n) is 1.93. The molecule has 0 aliphatic carbocycles. The van der Waals surface area contributed by atoms with Gasteiger partial charge in [-0.2, -0.15) is 0 Å². The van der Waals surface area contributed by atoms with Crippen molar-refractivity contribution in [2.24, 2.45) is 0 Å². The second-order valence-electron chi connectivity index (χ2n) is 5.02. The van der Waals surface area contributed by atoms with Crippen LogP contribution in [-0.4, -0.2) is 19.7 Å². The monoisotopic (exact) mass is 290 g/mol. The van der Waals surface area contributed by atoms with Crippen molar-refractivity contribution in [3.8, 4) is 0 Å². The molecule has 1 aromatic heterocycles. The Morgan fingerprint density at radius 3 is 2.55 bits per heavy atom. The number of sulfone groups is 1. The maximum atomic E-state index is 11.6. The summed E-state index contributed by atoms with van der Waals surface area (Å²) >= 11 is 0. The normalized spacial score (nSPS) is 11.6. The molecule has 2 aromatic rings. The second kappa shape index (κ2) is 5.63. The van der Waals surface area contributed by atoms with Crippen molar-refractivity contribution >= 4 is 21.3 Å². The van der Waals surface area contributed by atoms with Gasteiger partial charge in [0.05, 0.1) is 4.90 Å². The first-order valence-corrected chi connectivity index (χ1v) is 8.29. The standard InChI is InChI=1S/C15H18N2O2S/c1-11(2)14-8-5-9-16-15(14)17-12-6-4-7-13(10-12)20(3,18)19/h4-11H,1-3H3,(H,16,17). The number of anilines is 2. The first-order chi connectivity index (χ1) is 9.38. The molecular weight excluding hydrogens is 272 g/mol. The van der Waals surface area contributed by atoms with Crippen LogP contribution in [0.1, 0.15) is 25.3 Å². The summed E-state index contributed by atoms with van der Waals surface area (Å²) in [6.07, 6.45) is 2.92. The zero-order valence-corrected chi connectivity index (χ0v) is 12.6. The molecule has 106 valence electrons. The van der Waals surface area contributed by atoms with Gasteiger partial charge in [-0.05, 0) is 35.7 Å². The summed E-state index contributed by atoms with van der Waals surface area (Å²) in [7, 11) is -3.20. The molecule has 0 saturated carbocycles. The summed E-state index contributed by atoms with van der Waals surface area (Å²) in [5.74, 6) is 1.09. The molecule has 0 spiro atoms. The van der Waals surface area contributed by atoms with E-state index in [1.54, 1.807) is 24.4 Å². The number of nitrogens with one attached hydrogen (secondary N) is 1. The number of benzene rings is 1. The highest BCUT2D eigenvalue weighted by atomic mass is 32.2. The van der Waals surface area contributed by atoms with Crippen LogP contribution in [0.15, 0.2) is 47.5 Å². The summed E-state index contributed by atoms with van der Waals surface area (Å²) < 4.78 is 23.1. The largest absolute Gasteiger partial charge is 0.340 e. The molecule has 0 amide bonds. The quantitative estimate of drug-likeness (QED) is 0.938. The molecule has 0 unspecified atom stereocenters. The number of hydrogen-bond acceptors (Lipinski definition) is 4. The van der Waals surface area contributed by atoms with Gasteiger partial charge in [0.15, 0.2) is 9.84 Å². The molecule has 20 heavy (non-hydrogen) atoms. The van der Waals surface area contributed by atoms with Gasteiger partial charge in [0.1, 0.15) is 5.82 Å². The maximum Gasteiger partial charge on any atom is 0.175 e. The van der Waals surface area contributed by atoms with Crippen LogP contribution in [-0.2, 0) is 9.84 Å². The Bertz CT molecular complexity index is 709. The van der Waals surface area contributed by atoms with E-state index in [9.17, 15) is 8.42 Å². The van der Waals surface area contributed by atoms with Crippen LogP contribution >= 0.6 is 0 Å². The van der Waals surface area contributed by atoms with Crippen LogP contribution in [0.5, 0.6) is 0 Å². The minimum atomic E-state index is -3.20. The SMILES string of the molecule is CC(C)c1cccnc1Nc1cccc(S(C)(=O)=O)c1. The highest BCUT2D eigenvalue weighted by Crippen LogP contribution is 2.25. The lowest BCUT2D eigenvalue weighted by molar-refractivity contribution is 0.602. The molecule has 0 aliphatic rings. The van der Waals surface area contributed by atoms with E-state index in [0.29, 0.717) is 16.5 Å². The van der Waals surface area contributed by atoms with Gasteiger partial charge in [-0.25, -0.2) is 13.4 Å². The van der Waals surface area contributed by atoms with E-state index in [1.807, 2.05) is 18.2 Å². The van der Waals surface area contributed by atoms with Crippen molar-refractivity contribution in [3.05, 3.63) is 48.2 Å². The summed E-state index contributed by atoms with van der Waals surface area (Å²) in [5, 5.41) is 3.19. The minimum Gasteiger partial charge on any atom is -0.340 e. The van der Waals surface area contributed by atoms with Crippen LogP contribution < -0.4 is 5.32 Å². The Hall–Kier alpha value is -1.88. The lowest BCUT2D eigenvalue weighted by atomic mass is 10.0. The van der Waals surface area contributed by atoms with Gasteiger partial charge in [0, 0.05) is 18.1 Å². The third kappa shape index (κ3) is 3.36. The molecule has 1 aromatic carbocycles. The average molecular weight is 290 g/mol. The first-order valence-electron chi connectivity index (χ1n) is 6.40. The van der Waals surface area contributed by atoms with Gasteiger partial charge >= 0.3 is 0 Å². The molecule has 2 rings (SSSR count). The van der Waals surface area contributed by atoms with E-state index in [0.717, 1.165) is 11.4 Å². The van der Waals surface area contributed by atoms with Crippen LogP contribution in [0.4, 0.5) is 11.5 Å². The van der Waals surface area contributed by atoms with Crippen LogP contribution in [0.3, 0.4) is 0 Å². The predicted molar refractivity (Wildman–Crippen MR) is 81.2 cm³/mol.